The fourth-order valence-electron chi connectivity index (χ4n) is 3.91. The largest absolute Gasteiger partial charge is 0.306 e. The van der Waals surface area contributed by atoms with Crippen molar-refractivity contribution in [3.05, 3.63) is 53.1 Å². The highest BCUT2D eigenvalue weighted by Crippen LogP contribution is 2.37. The Morgan fingerprint density at radius 1 is 1.14 bits per heavy atom. The molecule has 2 aliphatic heterocycles. The highest BCUT2D eigenvalue weighted by Gasteiger charge is 2.32. The Labute approximate surface area is 181 Å². The molecule has 2 heterocycles. The zero-order chi connectivity index (χ0) is 20.6. The Kier molecular flexibility index (Phi) is 5.93. The van der Waals surface area contributed by atoms with Crippen LogP contribution in [0.15, 0.2) is 52.3 Å². The standard InChI is InChI=1S/C21H23ClN2O3S2/c1-15-5-2-3-10-24(15)29(26,27)18-7-4-6-16(13-18)21(25)23-11-12-28-20-9-8-17(22)14-19(20)23/h4,6-9,13-15H,2-3,5,10-12H2,1H3. The van der Waals surface area contributed by atoms with Crippen molar-refractivity contribution in [1.29, 1.82) is 0 Å². The van der Waals surface area contributed by atoms with Gasteiger partial charge in [-0.3, -0.25) is 4.79 Å². The van der Waals surface area contributed by atoms with E-state index >= 15 is 0 Å². The highest BCUT2D eigenvalue weighted by molar-refractivity contribution is 7.99. The van der Waals surface area contributed by atoms with E-state index in [9.17, 15) is 13.2 Å². The average Bonchev–Trinajstić information content (AvgIpc) is 2.73. The van der Waals surface area contributed by atoms with E-state index in [2.05, 4.69) is 0 Å². The number of piperidine rings is 1. The van der Waals surface area contributed by atoms with Gasteiger partial charge in [-0.25, -0.2) is 8.42 Å². The van der Waals surface area contributed by atoms with E-state index in [4.69, 9.17) is 11.6 Å². The van der Waals surface area contributed by atoms with E-state index < -0.39 is 10.0 Å². The maximum atomic E-state index is 13.3. The van der Waals surface area contributed by atoms with Crippen LogP contribution in [0.1, 0.15) is 36.5 Å². The molecular weight excluding hydrogens is 428 g/mol. The number of sulfonamides is 1. The van der Waals surface area contributed by atoms with Crippen molar-refractivity contribution >= 4 is 45.0 Å². The predicted molar refractivity (Wildman–Crippen MR) is 117 cm³/mol. The molecule has 1 amide bonds. The number of rotatable bonds is 3. The Morgan fingerprint density at radius 3 is 2.76 bits per heavy atom. The number of hydrogen-bond donors (Lipinski definition) is 0. The van der Waals surface area contributed by atoms with Gasteiger partial charge < -0.3 is 4.90 Å². The van der Waals surface area contributed by atoms with Gasteiger partial charge in [-0.15, -0.1) is 11.8 Å². The third-order valence-corrected chi connectivity index (χ3v) is 8.75. The molecule has 0 saturated carbocycles. The number of amides is 1. The summed E-state index contributed by atoms with van der Waals surface area (Å²) in [5, 5.41) is 0.569. The monoisotopic (exact) mass is 450 g/mol. The van der Waals surface area contributed by atoms with E-state index in [1.807, 2.05) is 19.1 Å². The van der Waals surface area contributed by atoms with E-state index in [-0.39, 0.29) is 16.8 Å². The fraction of sp³-hybridized carbons (Fsp3) is 0.381. The number of benzene rings is 2. The number of carbonyl (C=O) groups is 1. The smallest absolute Gasteiger partial charge is 0.258 e. The van der Waals surface area contributed by atoms with Crippen LogP contribution in [-0.2, 0) is 10.0 Å². The lowest BCUT2D eigenvalue weighted by molar-refractivity contribution is 0.0987. The first-order valence-electron chi connectivity index (χ1n) is 9.74. The van der Waals surface area contributed by atoms with Gasteiger partial charge in [-0.1, -0.05) is 24.1 Å². The number of anilines is 1. The molecule has 1 fully saturated rings. The van der Waals surface area contributed by atoms with Gasteiger partial charge in [0.15, 0.2) is 0 Å². The second kappa shape index (κ2) is 8.30. The summed E-state index contributed by atoms with van der Waals surface area (Å²) in [6.07, 6.45) is 2.77. The number of carbonyl (C=O) groups excluding carboxylic acids is 1. The average molecular weight is 451 g/mol. The van der Waals surface area contributed by atoms with Gasteiger partial charge in [0, 0.05) is 40.4 Å². The number of thioether (sulfide) groups is 1. The van der Waals surface area contributed by atoms with Crippen molar-refractivity contribution in [2.24, 2.45) is 0 Å². The molecule has 5 nitrogen and oxygen atoms in total. The molecule has 1 atom stereocenters. The van der Waals surface area contributed by atoms with Crippen LogP contribution in [0, 0.1) is 0 Å². The van der Waals surface area contributed by atoms with Crippen LogP contribution < -0.4 is 4.90 Å². The molecular formula is C21H23ClN2O3S2. The summed E-state index contributed by atoms with van der Waals surface area (Å²) in [5.74, 6) is 0.571. The lowest BCUT2D eigenvalue weighted by Gasteiger charge is -2.32. The Bertz CT molecular complexity index is 1040. The van der Waals surface area contributed by atoms with E-state index in [1.165, 1.54) is 6.07 Å². The minimum atomic E-state index is -3.63. The first-order chi connectivity index (χ1) is 13.9. The highest BCUT2D eigenvalue weighted by atomic mass is 35.5. The number of fused-ring (bicyclic) bond motifs is 1. The van der Waals surface area contributed by atoms with E-state index in [0.29, 0.717) is 23.7 Å². The van der Waals surface area contributed by atoms with Crippen molar-refractivity contribution in [1.82, 2.24) is 4.31 Å². The fourth-order valence-corrected chi connectivity index (χ4v) is 6.80. The zero-order valence-corrected chi connectivity index (χ0v) is 18.6. The summed E-state index contributed by atoms with van der Waals surface area (Å²) < 4.78 is 27.9. The zero-order valence-electron chi connectivity index (χ0n) is 16.2. The Balaban J connectivity index is 1.66. The molecule has 0 aromatic heterocycles. The summed E-state index contributed by atoms with van der Waals surface area (Å²) in [4.78, 5) is 16.1. The van der Waals surface area contributed by atoms with Crippen molar-refractivity contribution < 1.29 is 13.2 Å². The van der Waals surface area contributed by atoms with E-state index in [1.54, 1.807) is 45.2 Å². The predicted octanol–water partition coefficient (Wildman–Crippen LogP) is 4.66. The maximum absolute atomic E-state index is 13.3. The molecule has 1 saturated heterocycles. The number of hydrogen-bond acceptors (Lipinski definition) is 4. The quantitative estimate of drug-likeness (QED) is 0.682. The van der Waals surface area contributed by atoms with Crippen LogP contribution in [0.2, 0.25) is 5.02 Å². The summed E-state index contributed by atoms with van der Waals surface area (Å²) in [5.41, 5.74) is 1.14. The summed E-state index contributed by atoms with van der Waals surface area (Å²) in [6.45, 7) is 3.02. The molecule has 4 rings (SSSR count). The molecule has 1 unspecified atom stereocenters. The van der Waals surface area contributed by atoms with Crippen molar-refractivity contribution in [2.75, 3.05) is 23.7 Å². The van der Waals surface area contributed by atoms with Crippen LogP contribution in [0.4, 0.5) is 5.69 Å². The molecule has 0 N–H and O–H groups in total. The molecule has 0 spiro atoms. The van der Waals surface area contributed by atoms with Crippen LogP contribution in [-0.4, -0.2) is 43.5 Å². The third-order valence-electron chi connectivity index (χ3n) is 5.46. The molecule has 2 aliphatic rings. The van der Waals surface area contributed by atoms with Crippen LogP contribution in [0.5, 0.6) is 0 Å². The lowest BCUT2D eigenvalue weighted by atomic mass is 10.1. The normalized spacial score (nSPS) is 20.3. The minimum absolute atomic E-state index is 0.0266. The molecule has 0 bridgehead atoms. The first kappa shape index (κ1) is 20.7. The molecule has 0 radical (unpaired) electrons. The van der Waals surface area contributed by atoms with Crippen molar-refractivity contribution in [3.8, 4) is 0 Å². The van der Waals surface area contributed by atoms with Crippen LogP contribution in [0.25, 0.3) is 0 Å². The van der Waals surface area contributed by atoms with Gasteiger partial charge in [0.25, 0.3) is 5.91 Å². The SMILES string of the molecule is CC1CCCCN1S(=O)(=O)c1cccc(C(=O)N2CCSc3ccc(Cl)cc32)c1. The molecule has 2 aromatic rings. The van der Waals surface area contributed by atoms with Gasteiger partial charge in [0.1, 0.15) is 0 Å². The first-order valence-corrected chi connectivity index (χ1v) is 12.5. The number of halogens is 1. The summed E-state index contributed by atoms with van der Waals surface area (Å²) >= 11 is 7.83. The third kappa shape index (κ3) is 4.06. The second-order valence-electron chi connectivity index (χ2n) is 7.41. The van der Waals surface area contributed by atoms with Crippen molar-refractivity contribution in [2.45, 2.75) is 42.0 Å². The molecule has 2 aromatic carbocycles. The second-order valence-corrected chi connectivity index (χ2v) is 10.9. The molecule has 154 valence electrons. The molecule has 29 heavy (non-hydrogen) atoms. The molecule has 8 heteroatoms. The van der Waals surface area contributed by atoms with Crippen LogP contribution in [0.3, 0.4) is 0 Å². The van der Waals surface area contributed by atoms with Gasteiger partial charge in [0.05, 0.1) is 10.6 Å². The summed E-state index contributed by atoms with van der Waals surface area (Å²) in [7, 11) is -3.63. The Morgan fingerprint density at radius 2 is 1.97 bits per heavy atom. The van der Waals surface area contributed by atoms with Gasteiger partial charge in [0.2, 0.25) is 10.0 Å². The van der Waals surface area contributed by atoms with Crippen molar-refractivity contribution in [3.63, 3.8) is 0 Å². The van der Waals surface area contributed by atoms with Gasteiger partial charge in [-0.2, -0.15) is 4.31 Å². The van der Waals surface area contributed by atoms with Crippen LogP contribution >= 0.6 is 23.4 Å². The maximum Gasteiger partial charge on any atom is 0.258 e. The van der Waals surface area contributed by atoms with Gasteiger partial charge >= 0.3 is 0 Å². The molecule has 0 aliphatic carbocycles. The number of nitrogens with zero attached hydrogens (tertiary/aromatic N) is 2. The Hall–Kier alpha value is -1.54. The van der Waals surface area contributed by atoms with E-state index in [0.717, 1.165) is 35.6 Å². The lowest BCUT2D eigenvalue weighted by Crippen LogP contribution is -2.42. The topological polar surface area (TPSA) is 57.7 Å². The minimum Gasteiger partial charge on any atom is -0.306 e. The summed E-state index contributed by atoms with van der Waals surface area (Å²) in [6, 6.07) is 11.9. The van der Waals surface area contributed by atoms with Gasteiger partial charge in [-0.05, 0) is 56.2 Å².